The van der Waals surface area contributed by atoms with E-state index in [1.165, 1.54) is 23.9 Å². The summed E-state index contributed by atoms with van der Waals surface area (Å²) in [5.74, 6) is 0.373. The van der Waals surface area contributed by atoms with Gasteiger partial charge in [-0.2, -0.15) is 8.78 Å². The molecule has 0 aliphatic rings. The number of aromatic nitrogens is 2. The van der Waals surface area contributed by atoms with E-state index < -0.39 is 6.61 Å². The molecular weight excluding hydrogens is 370 g/mol. The predicted molar refractivity (Wildman–Crippen MR) is 92.1 cm³/mol. The fraction of sp³-hybridized carbons (Fsp3) is 0.176. The van der Waals surface area contributed by atoms with Gasteiger partial charge < -0.3 is 9.15 Å². The van der Waals surface area contributed by atoms with Crippen LogP contribution in [0, 0.1) is 0 Å². The van der Waals surface area contributed by atoms with Gasteiger partial charge in [0.1, 0.15) is 5.75 Å². The number of nitrogens with zero attached hydrogens (tertiary/aromatic N) is 2. The Morgan fingerprint density at radius 2 is 1.80 bits per heavy atom. The molecular formula is C17H13ClF2N2O2S. The molecule has 0 aliphatic carbocycles. The lowest BCUT2D eigenvalue weighted by atomic mass is 10.2. The highest BCUT2D eigenvalue weighted by Crippen LogP contribution is 2.38. The second-order valence-corrected chi connectivity index (χ2v) is 6.76. The van der Waals surface area contributed by atoms with Gasteiger partial charge in [0, 0.05) is 15.8 Å². The molecule has 4 nitrogen and oxygen atoms in total. The number of hydrogen-bond acceptors (Lipinski definition) is 5. The molecule has 0 fully saturated rings. The van der Waals surface area contributed by atoms with Crippen molar-refractivity contribution in [3.63, 3.8) is 0 Å². The van der Waals surface area contributed by atoms with Crippen LogP contribution in [0.25, 0.3) is 11.5 Å². The molecule has 0 N–H and O–H groups in total. The Labute approximate surface area is 152 Å². The van der Waals surface area contributed by atoms with E-state index >= 15 is 0 Å². The minimum atomic E-state index is -2.86. The second-order valence-electron chi connectivity index (χ2n) is 5.06. The van der Waals surface area contributed by atoms with Crippen LogP contribution in [0.5, 0.6) is 5.75 Å². The molecule has 2 aromatic carbocycles. The summed E-state index contributed by atoms with van der Waals surface area (Å²) in [5, 5.41) is 9.10. The van der Waals surface area contributed by atoms with Crippen molar-refractivity contribution < 1.29 is 17.9 Å². The van der Waals surface area contributed by atoms with Crippen LogP contribution in [-0.2, 0) is 0 Å². The predicted octanol–water partition coefficient (Wildman–Crippen LogP) is 5.84. The molecule has 25 heavy (non-hydrogen) atoms. The van der Waals surface area contributed by atoms with Gasteiger partial charge in [0.05, 0.1) is 0 Å². The Morgan fingerprint density at radius 3 is 2.48 bits per heavy atom. The molecule has 8 heteroatoms. The lowest BCUT2D eigenvalue weighted by Crippen LogP contribution is -2.01. The van der Waals surface area contributed by atoms with Gasteiger partial charge in [0.15, 0.2) is 0 Å². The van der Waals surface area contributed by atoms with Gasteiger partial charge in [-0.25, -0.2) is 0 Å². The van der Waals surface area contributed by atoms with E-state index in [1.54, 1.807) is 12.1 Å². The van der Waals surface area contributed by atoms with Crippen molar-refractivity contribution in [3.05, 3.63) is 59.1 Å². The zero-order valence-corrected chi connectivity index (χ0v) is 14.6. The minimum Gasteiger partial charge on any atom is -0.435 e. The standard InChI is InChI=1S/C17H13ClF2N2O2S/c1-10(13-4-2-3-5-14(13)18)25-17-22-21-15(24-17)11-6-8-12(9-7-11)23-16(19)20/h2-10,16H,1H3. The first-order valence-electron chi connectivity index (χ1n) is 7.33. The Hall–Kier alpha value is -2.12. The Morgan fingerprint density at radius 1 is 1.08 bits per heavy atom. The van der Waals surface area contributed by atoms with Crippen molar-refractivity contribution in [2.45, 2.75) is 24.0 Å². The fourth-order valence-electron chi connectivity index (χ4n) is 2.17. The zero-order chi connectivity index (χ0) is 17.8. The number of ether oxygens (including phenoxy) is 1. The molecule has 0 saturated heterocycles. The van der Waals surface area contributed by atoms with Crippen LogP contribution in [0.15, 0.2) is 58.2 Å². The number of benzene rings is 2. The minimum absolute atomic E-state index is 0.0313. The van der Waals surface area contributed by atoms with E-state index in [-0.39, 0.29) is 11.0 Å². The van der Waals surface area contributed by atoms with E-state index in [0.717, 1.165) is 5.56 Å². The van der Waals surface area contributed by atoms with Crippen molar-refractivity contribution in [3.8, 4) is 17.2 Å². The summed E-state index contributed by atoms with van der Waals surface area (Å²) in [7, 11) is 0. The van der Waals surface area contributed by atoms with Crippen molar-refractivity contribution >= 4 is 23.4 Å². The van der Waals surface area contributed by atoms with Crippen molar-refractivity contribution in [1.29, 1.82) is 0 Å². The molecule has 3 aromatic rings. The third-order valence-electron chi connectivity index (χ3n) is 3.35. The largest absolute Gasteiger partial charge is 0.435 e. The Bertz CT molecular complexity index is 843. The third-order valence-corrected chi connectivity index (χ3v) is 4.67. The first-order chi connectivity index (χ1) is 12.0. The summed E-state index contributed by atoms with van der Waals surface area (Å²) < 4.78 is 34.3. The highest BCUT2D eigenvalue weighted by molar-refractivity contribution is 7.99. The number of thioether (sulfide) groups is 1. The molecule has 3 rings (SSSR count). The van der Waals surface area contributed by atoms with Crippen LogP contribution in [-0.4, -0.2) is 16.8 Å². The first kappa shape index (κ1) is 17.7. The second kappa shape index (κ2) is 7.84. The molecule has 130 valence electrons. The summed E-state index contributed by atoms with van der Waals surface area (Å²) in [5.41, 5.74) is 1.59. The van der Waals surface area contributed by atoms with Crippen LogP contribution in [0.3, 0.4) is 0 Å². The topological polar surface area (TPSA) is 48.2 Å². The van der Waals surface area contributed by atoms with Gasteiger partial charge in [-0.3, -0.25) is 0 Å². The van der Waals surface area contributed by atoms with Gasteiger partial charge in [0.25, 0.3) is 5.22 Å². The van der Waals surface area contributed by atoms with Crippen molar-refractivity contribution in [2.24, 2.45) is 0 Å². The normalized spacial score (nSPS) is 12.4. The summed E-state index contributed by atoms with van der Waals surface area (Å²) in [6.07, 6.45) is 0. The maximum Gasteiger partial charge on any atom is 0.387 e. The quantitative estimate of drug-likeness (QED) is 0.501. The van der Waals surface area contributed by atoms with Gasteiger partial charge in [-0.05, 0) is 42.8 Å². The third kappa shape index (κ3) is 4.49. The van der Waals surface area contributed by atoms with Crippen molar-refractivity contribution in [2.75, 3.05) is 0 Å². The maximum atomic E-state index is 12.2. The van der Waals surface area contributed by atoms with Crippen molar-refractivity contribution in [1.82, 2.24) is 10.2 Å². The smallest absolute Gasteiger partial charge is 0.387 e. The van der Waals surface area contributed by atoms with Gasteiger partial charge in [0.2, 0.25) is 5.89 Å². The molecule has 0 aliphatic heterocycles. The van der Waals surface area contributed by atoms with E-state index in [2.05, 4.69) is 14.9 Å². The average molecular weight is 383 g/mol. The molecule has 1 unspecified atom stereocenters. The summed E-state index contributed by atoms with van der Waals surface area (Å²) >= 11 is 7.58. The van der Waals surface area contributed by atoms with Crippen LogP contribution in [0.2, 0.25) is 5.02 Å². The molecule has 0 saturated carbocycles. The van der Waals surface area contributed by atoms with E-state index in [1.807, 2.05) is 31.2 Å². The summed E-state index contributed by atoms with van der Waals surface area (Å²) in [6, 6.07) is 13.6. The van der Waals surface area contributed by atoms with E-state index in [0.29, 0.717) is 21.7 Å². The summed E-state index contributed by atoms with van der Waals surface area (Å²) in [4.78, 5) is 0. The number of alkyl halides is 2. The SMILES string of the molecule is CC(Sc1nnc(-c2ccc(OC(F)F)cc2)o1)c1ccccc1Cl. The number of halogens is 3. The van der Waals surface area contributed by atoms with E-state index in [4.69, 9.17) is 16.0 Å². The lowest BCUT2D eigenvalue weighted by molar-refractivity contribution is -0.0498. The van der Waals surface area contributed by atoms with Crippen LogP contribution < -0.4 is 4.74 Å². The molecule has 0 amide bonds. The van der Waals surface area contributed by atoms with Crippen LogP contribution >= 0.6 is 23.4 Å². The Kier molecular flexibility index (Phi) is 5.55. The summed E-state index contributed by atoms with van der Waals surface area (Å²) in [6.45, 7) is -0.866. The number of hydrogen-bond donors (Lipinski definition) is 0. The molecule has 0 radical (unpaired) electrons. The highest BCUT2D eigenvalue weighted by atomic mass is 35.5. The first-order valence-corrected chi connectivity index (χ1v) is 8.58. The fourth-order valence-corrected chi connectivity index (χ4v) is 3.39. The number of rotatable bonds is 6. The van der Waals surface area contributed by atoms with Gasteiger partial charge in [-0.15, -0.1) is 10.2 Å². The molecule has 1 aromatic heterocycles. The highest BCUT2D eigenvalue weighted by Gasteiger charge is 2.16. The lowest BCUT2D eigenvalue weighted by Gasteiger charge is -2.10. The van der Waals surface area contributed by atoms with Crippen LogP contribution in [0.4, 0.5) is 8.78 Å². The maximum absolute atomic E-state index is 12.2. The van der Waals surface area contributed by atoms with Crippen LogP contribution in [0.1, 0.15) is 17.7 Å². The van der Waals surface area contributed by atoms with E-state index in [9.17, 15) is 8.78 Å². The monoisotopic (exact) mass is 382 g/mol. The Balaban J connectivity index is 1.71. The van der Waals surface area contributed by atoms with Gasteiger partial charge >= 0.3 is 6.61 Å². The molecule has 0 spiro atoms. The molecule has 1 heterocycles. The molecule has 1 atom stereocenters. The zero-order valence-electron chi connectivity index (χ0n) is 13.0. The molecule has 0 bridgehead atoms. The average Bonchev–Trinajstić information content (AvgIpc) is 3.04. The van der Waals surface area contributed by atoms with Gasteiger partial charge in [-0.1, -0.05) is 41.6 Å².